The third-order valence-corrected chi connectivity index (χ3v) is 5.53. The molecule has 0 aromatic carbocycles. The first kappa shape index (κ1) is 13.4. The summed E-state index contributed by atoms with van der Waals surface area (Å²) < 4.78 is 0. The molecule has 0 radical (unpaired) electrons. The van der Waals surface area contributed by atoms with E-state index >= 15 is 0 Å². The molecule has 3 aliphatic rings. The summed E-state index contributed by atoms with van der Waals surface area (Å²) in [4.78, 5) is 13.6. The van der Waals surface area contributed by atoms with Crippen molar-refractivity contribution in [2.75, 3.05) is 6.54 Å². The van der Waals surface area contributed by atoms with Crippen LogP contribution >= 0.6 is 0 Å². The van der Waals surface area contributed by atoms with Gasteiger partial charge in [0.25, 0.3) is 0 Å². The summed E-state index contributed by atoms with van der Waals surface area (Å²) in [5.41, 5.74) is 0. The van der Waals surface area contributed by atoms with Crippen LogP contribution in [0.1, 0.15) is 64.2 Å². The number of likely N-dealkylation sites (tertiary alicyclic amines) is 1. The summed E-state index contributed by atoms with van der Waals surface area (Å²) in [6.07, 6.45) is 12.3. The van der Waals surface area contributed by atoms with Gasteiger partial charge in [0.05, 0.1) is 6.42 Å². The van der Waals surface area contributed by atoms with Gasteiger partial charge in [-0.05, 0) is 56.9 Å². The smallest absolute Gasteiger partial charge is 0.304 e. The van der Waals surface area contributed by atoms with Crippen LogP contribution in [-0.4, -0.2) is 34.6 Å². The van der Waals surface area contributed by atoms with Gasteiger partial charge < -0.3 is 5.11 Å². The fourth-order valence-electron chi connectivity index (χ4n) is 4.42. The van der Waals surface area contributed by atoms with Crippen LogP contribution in [0.25, 0.3) is 0 Å². The maximum absolute atomic E-state index is 11.1. The molecule has 3 rings (SSSR count). The standard InChI is InChI=1S/C16H27NO2/c18-16(19)11-15-5-1-2-9-17(15)14-6-3-4-13(10-14)12-7-8-12/h12-15H,1-11H2,(H,18,19). The molecule has 1 heterocycles. The van der Waals surface area contributed by atoms with E-state index in [2.05, 4.69) is 4.90 Å². The molecule has 0 aromatic rings. The quantitative estimate of drug-likeness (QED) is 0.848. The van der Waals surface area contributed by atoms with Crippen molar-refractivity contribution in [2.24, 2.45) is 11.8 Å². The molecule has 3 fully saturated rings. The molecule has 0 aromatic heterocycles. The molecule has 1 aliphatic heterocycles. The number of aliphatic carboxylic acids is 1. The number of nitrogens with zero attached hydrogens (tertiary/aromatic N) is 1. The lowest BCUT2D eigenvalue weighted by atomic mass is 9.80. The van der Waals surface area contributed by atoms with Crippen molar-refractivity contribution in [3.05, 3.63) is 0 Å². The Morgan fingerprint density at radius 1 is 1.00 bits per heavy atom. The molecule has 0 spiro atoms. The van der Waals surface area contributed by atoms with Crippen LogP contribution in [0.2, 0.25) is 0 Å². The SMILES string of the molecule is O=C(O)CC1CCCCN1C1CCCC(C2CC2)C1. The molecular weight excluding hydrogens is 238 g/mol. The lowest BCUT2D eigenvalue weighted by molar-refractivity contribution is -0.139. The van der Waals surface area contributed by atoms with Crippen molar-refractivity contribution >= 4 is 5.97 Å². The minimum atomic E-state index is -0.619. The number of carboxylic acid groups (broad SMARTS) is 1. The predicted molar refractivity (Wildman–Crippen MR) is 75.1 cm³/mol. The number of carbonyl (C=O) groups is 1. The molecule has 1 N–H and O–H groups in total. The number of piperidine rings is 1. The number of hydrogen-bond donors (Lipinski definition) is 1. The molecule has 0 bridgehead atoms. The first-order valence-electron chi connectivity index (χ1n) is 8.21. The predicted octanol–water partition coefficient (Wildman–Crippen LogP) is 3.28. The van der Waals surface area contributed by atoms with Crippen molar-refractivity contribution in [1.82, 2.24) is 4.90 Å². The Labute approximate surface area is 116 Å². The summed E-state index contributed by atoms with van der Waals surface area (Å²) >= 11 is 0. The molecule has 3 atom stereocenters. The number of hydrogen-bond acceptors (Lipinski definition) is 2. The van der Waals surface area contributed by atoms with E-state index in [4.69, 9.17) is 5.11 Å². The average molecular weight is 265 g/mol. The lowest BCUT2D eigenvalue weighted by Crippen LogP contribution is -2.49. The highest BCUT2D eigenvalue weighted by molar-refractivity contribution is 5.67. The van der Waals surface area contributed by atoms with E-state index < -0.39 is 5.97 Å². The second-order valence-electron chi connectivity index (χ2n) is 6.90. The Morgan fingerprint density at radius 2 is 1.84 bits per heavy atom. The second-order valence-corrected chi connectivity index (χ2v) is 6.90. The number of carboxylic acids is 1. The van der Waals surface area contributed by atoms with E-state index in [1.165, 1.54) is 51.4 Å². The van der Waals surface area contributed by atoms with E-state index in [1.54, 1.807) is 0 Å². The zero-order valence-electron chi connectivity index (χ0n) is 11.9. The molecule has 3 nitrogen and oxygen atoms in total. The van der Waals surface area contributed by atoms with E-state index in [0.717, 1.165) is 24.8 Å². The minimum absolute atomic E-state index is 0.314. The van der Waals surface area contributed by atoms with Crippen LogP contribution in [0.4, 0.5) is 0 Å². The first-order valence-corrected chi connectivity index (χ1v) is 8.21. The Bertz CT molecular complexity index is 327. The summed E-state index contributed by atoms with van der Waals surface area (Å²) in [5, 5.41) is 9.11. The largest absolute Gasteiger partial charge is 0.481 e. The third-order valence-electron chi connectivity index (χ3n) is 5.53. The molecule has 3 heteroatoms. The van der Waals surface area contributed by atoms with Crippen molar-refractivity contribution in [2.45, 2.75) is 76.3 Å². The van der Waals surface area contributed by atoms with Gasteiger partial charge in [0.2, 0.25) is 0 Å². The molecule has 108 valence electrons. The molecule has 2 saturated carbocycles. The van der Waals surface area contributed by atoms with Gasteiger partial charge in [0, 0.05) is 12.1 Å². The third kappa shape index (κ3) is 3.31. The van der Waals surface area contributed by atoms with Crippen LogP contribution in [0, 0.1) is 11.8 Å². The molecule has 2 aliphatic carbocycles. The lowest BCUT2D eigenvalue weighted by Gasteiger charge is -2.44. The van der Waals surface area contributed by atoms with Gasteiger partial charge in [0.15, 0.2) is 0 Å². The van der Waals surface area contributed by atoms with Gasteiger partial charge >= 0.3 is 5.97 Å². The van der Waals surface area contributed by atoms with Crippen molar-refractivity contribution in [1.29, 1.82) is 0 Å². The second kappa shape index (κ2) is 5.82. The Morgan fingerprint density at radius 3 is 2.58 bits per heavy atom. The first-order chi connectivity index (χ1) is 9.24. The normalized spacial score (nSPS) is 37.2. The fourth-order valence-corrected chi connectivity index (χ4v) is 4.42. The topological polar surface area (TPSA) is 40.5 Å². The van der Waals surface area contributed by atoms with E-state index in [-0.39, 0.29) is 0 Å². The highest BCUT2D eigenvalue weighted by Crippen LogP contribution is 2.45. The Kier molecular flexibility index (Phi) is 4.11. The Hall–Kier alpha value is -0.570. The van der Waals surface area contributed by atoms with Gasteiger partial charge in [-0.15, -0.1) is 0 Å². The van der Waals surface area contributed by atoms with Crippen LogP contribution < -0.4 is 0 Å². The average Bonchev–Trinajstić information content (AvgIpc) is 3.23. The highest BCUT2D eigenvalue weighted by Gasteiger charge is 2.38. The van der Waals surface area contributed by atoms with Gasteiger partial charge in [-0.1, -0.05) is 19.3 Å². The molecule has 1 saturated heterocycles. The van der Waals surface area contributed by atoms with Crippen molar-refractivity contribution < 1.29 is 9.90 Å². The number of rotatable bonds is 4. The van der Waals surface area contributed by atoms with E-state index in [9.17, 15) is 4.79 Å². The highest BCUT2D eigenvalue weighted by atomic mass is 16.4. The van der Waals surface area contributed by atoms with Gasteiger partial charge in [-0.2, -0.15) is 0 Å². The van der Waals surface area contributed by atoms with Crippen LogP contribution in [0.5, 0.6) is 0 Å². The Balaban J connectivity index is 1.62. The summed E-state index contributed by atoms with van der Waals surface area (Å²) in [6, 6.07) is 0.998. The van der Waals surface area contributed by atoms with Crippen molar-refractivity contribution in [3.8, 4) is 0 Å². The van der Waals surface area contributed by atoms with Gasteiger partial charge in [-0.3, -0.25) is 9.69 Å². The van der Waals surface area contributed by atoms with Crippen LogP contribution in [0.15, 0.2) is 0 Å². The maximum Gasteiger partial charge on any atom is 0.304 e. The minimum Gasteiger partial charge on any atom is -0.481 e. The van der Waals surface area contributed by atoms with E-state index in [1.807, 2.05) is 0 Å². The summed E-state index contributed by atoms with van der Waals surface area (Å²) in [6.45, 7) is 1.14. The summed E-state index contributed by atoms with van der Waals surface area (Å²) in [5.74, 6) is 1.35. The maximum atomic E-state index is 11.1. The zero-order chi connectivity index (χ0) is 13.2. The molecule has 0 amide bonds. The molecule has 19 heavy (non-hydrogen) atoms. The van der Waals surface area contributed by atoms with Gasteiger partial charge in [0.1, 0.15) is 0 Å². The van der Waals surface area contributed by atoms with Crippen molar-refractivity contribution in [3.63, 3.8) is 0 Å². The monoisotopic (exact) mass is 265 g/mol. The summed E-state index contributed by atoms with van der Waals surface area (Å²) in [7, 11) is 0. The molecular formula is C16H27NO2. The molecule has 3 unspecified atom stereocenters. The fraction of sp³-hybridized carbons (Fsp3) is 0.938. The van der Waals surface area contributed by atoms with Crippen LogP contribution in [0.3, 0.4) is 0 Å². The van der Waals surface area contributed by atoms with E-state index in [0.29, 0.717) is 18.5 Å². The van der Waals surface area contributed by atoms with Crippen LogP contribution in [-0.2, 0) is 4.79 Å². The zero-order valence-corrected chi connectivity index (χ0v) is 11.9. The van der Waals surface area contributed by atoms with Gasteiger partial charge in [-0.25, -0.2) is 0 Å².